The molecule has 0 bridgehead atoms. The summed E-state index contributed by atoms with van der Waals surface area (Å²) in [5.74, 6) is -1.84. The second-order valence-corrected chi connectivity index (χ2v) is 3.77. The van der Waals surface area contributed by atoms with Crippen molar-refractivity contribution < 1.29 is 19.5 Å². The number of carboxylic acids is 1. The van der Waals surface area contributed by atoms with Gasteiger partial charge < -0.3 is 5.11 Å². The van der Waals surface area contributed by atoms with Gasteiger partial charge in [0.15, 0.2) is 0 Å². The molecule has 2 unspecified atom stereocenters. The zero-order valence-electron chi connectivity index (χ0n) is 9.40. The summed E-state index contributed by atoms with van der Waals surface area (Å²) in [6.45, 7) is 3.49. The van der Waals surface area contributed by atoms with Crippen LogP contribution in [0.15, 0.2) is 0 Å². The number of carboxylic acid groups (broad SMARTS) is 1. The SMILES string of the molecule is CCC(C(=O)O)N1CC(=O)NC(=O)C1CC. The van der Waals surface area contributed by atoms with Gasteiger partial charge in [-0.2, -0.15) is 0 Å². The molecule has 90 valence electrons. The lowest BCUT2D eigenvalue weighted by molar-refractivity contribution is -0.150. The van der Waals surface area contributed by atoms with Crippen molar-refractivity contribution in [1.29, 1.82) is 0 Å². The first kappa shape index (κ1) is 12.6. The van der Waals surface area contributed by atoms with Gasteiger partial charge in [0.2, 0.25) is 11.8 Å². The van der Waals surface area contributed by atoms with Crippen LogP contribution in [-0.4, -0.2) is 46.4 Å². The van der Waals surface area contributed by atoms with E-state index >= 15 is 0 Å². The molecule has 16 heavy (non-hydrogen) atoms. The van der Waals surface area contributed by atoms with Crippen molar-refractivity contribution in [2.45, 2.75) is 38.8 Å². The second kappa shape index (κ2) is 5.07. The fourth-order valence-corrected chi connectivity index (χ4v) is 1.99. The topological polar surface area (TPSA) is 86.7 Å². The Balaban J connectivity index is 2.92. The number of rotatable bonds is 4. The average molecular weight is 228 g/mol. The fraction of sp³-hybridized carbons (Fsp3) is 0.700. The summed E-state index contributed by atoms with van der Waals surface area (Å²) in [4.78, 5) is 35.2. The van der Waals surface area contributed by atoms with Crippen LogP contribution in [0.4, 0.5) is 0 Å². The van der Waals surface area contributed by atoms with E-state index in [1.165, 1.54) is 4.90 Å². The second-order valence-electron chi connectivity index (χ2n) is 3.77. The maximum Gasteiger partial charge on any atom is 0.320 e. The molecule has 2 N–H and O–H groups in total. The van der Waals surface area contributed by atoms with Crippen molar-refractivity contribution in [3.8, 4) is 0 Å². The molecule has 1 rings (SSSR count). The van der Waals surface area contributed by atoms with Crippen molar-refractivity contribution in [2.24, 2.45) is 0 Å². The molecule has 0 aliphatic carbocycles. The van der Waals surface area contributed by atoms with Crippen molar-refractivity contribution >= 4 is 17.8 Å². The smallest absolute Gasteiger partial charge is 0.320 e. The molecule has 1 fully saturated rings. The van der Waals surface area contributed by atoms with Crippen LogP contribution in [0.3, 0.4) is 0 Å². The highest BCUT2D eigenvalue weighted by atomic mass is 16.4. The normalized spacial score (nSPS) is 24.0. The van der Waals surface area contributed by atoms with Gasteiger partial charge in [0.25, 0.3) is 0 Å². The first-order valence-electron chi connectivity index (χ1n) is 5.33. The maximum absolute atomic E-state index is 11.5. The van der Waals surface area contributed by atoms with E-state index in [9.17, 15) is 14.4 Å². The van der Waals surface area contributed by atoms with Crippen LogP contribution in [0.5, 0.6) is 0 Å². The van der Waals surface area contributed by atoms with Crippen LogP contribution in [-0.2, 0) is 14.4 Å². The summed E-state index contributed by atoms with van der Waals surface area (Å²) in [5.41, 5.74) is 0. The lowest BCUT2D eigenvalue weighted by Crippen LogP contribution is -2.62. The van der Waals surface area contributed by atoms with E-state index in [1.54, 1.807) is 13.8 Å². The van der Waals surface area contributed by atoms with E-state index in [1.807, 2.05) is 0 Å². The van der Waals surface area contributed by atoms with E-state index < -0.39 is 29.9 Å². The predicted octanol–water partition coefficient (Wildman–Crippen LogP) is -0.413. The lowest BCUT2D eigenvalue weighted by Gasteiger charge is -2.36. The van der Waals surface area contributed by atoms with E-state index in [4.69, 9.17) is 5.11 Å². The molecule has 6 nitrogen and oxygen atoms in total. The minimum absolute atomic E-state index is 0.0327. The Morgan fingerprint density at radius 1 is 1.56 bits per heavy atom. The van der Waals surface area contributed by atoms with Crippen LogP contribution < -0.4 is 5.32 Å². The van der Waals surface area contributed by atoms with E-state index in [-0.39, 0.29) is 6.54 Å². The van der Waals surface area contributed by atoms with Gasteiger partial charge in [0, 0.05) is 0 Å². The van der Waals surface area contributed by atoms with Crippen molar-refractivity contribution in [3.63, 3.8) is 0 Å². The molecule has 0 aromatic rings. The van der Waals surface area contributed by atoms with Crippen LogP contribution in [0.1, 0.15) is 26.7 Å². The number of hydrogen-bond donors (Lipinski definition) is 2. The third kappa shape index (κ3) is 2.38. The Bertz CT molecular complexity index is 310. The number of aliphatic carboxylic acids is 1. The minimum atomic E-state index is -0.997. The highest BCUT2D eigenvalue weighted by Crippen LogP contribution is 2.15. The number of piperazine rings is 1. The number of imide groups is 1. The average Bonchev–Trinajstić information content (AvgIpc) is 2.17. The first-order chi connectivity index (χ1) is 7.51. The fourth-order valence-electron chi connectivity index (χ4n) is 1.99. The molecular weight excluding hydrogens is 212 g/mol. The zero-order chi connectivity index (χ0) is 12.3. The number of hydrogen-bond acceptors (Lipinski definition) is 4. The Morgan fingerprint density at radius 2 is 2.19 bits per heavy atom. The summed E-state index contributed by atoms with van der Waals surface area (Å²) in [6, 6.07) is -1.31. The lowest BCUT2D eigenvalue weighted by atomic mass is 10.0. The molecule has 0 saturated carbocycles. The number of amides is 2. The standard InChI is InChI=1S/C10H16N2O4/c1-3-6-9(14)11-8(13)5-12(6)7(4-2)10(15)16/h6-7H,3-5H2,1-2H3,(H,15,16)(H,11,13,14). The summed E-state index contributed by atoms with van der Waals surface area (Å²) in [7, 11) is 0. The Labute approximate surface area is 93.6 Å². The Hall–Kier alpha value is -1.43. The van der Waals surface area contributed by atoms with Gasteiger partial charge in [-0.1, -0.05) is 13.8 Å². The molecule has 1 aliphatic rings. The van der Waals surface area contributed by atoms with E-state index in [0.29, 0.717) is 12.8 Å². The van der Waals surface area contributed by atoms with Gasteiger partial charge in [-0.25, -0.2) is 0 Å². The number of nitrogens with one attached hydrogen (secondary N) is 1. The third-order valence-electron chi connectivity index (χ3n) is 2.75. The molecule has 0 radical (unpaired) electrons. The highest BCUT2D eigenvalue weighted by Gasteiger charge is 2.38. The number of nitrogens with zero attached hydrogens (tertiary/aromatic N) is 1. The monoisotopic (exact) mass is 228 g/mol. The summed E-state index contributed by atoms with van der Waals surface area (Å²) in [5, 5.41) is 11.2. The molecule has 0 aromatic heterocycles. The van der Waals surface area contributed by atoms with Crippen LogP contribution >= 0.6 is 0 Å². The van der Waals surface area contributed by atoms with Crippen LogP contribution in [0, 0.1) is 0 Å². The van der Waals surface area contributed by atoms with Gasteiger partial charge in [-0.05, 0) is 12.8 Å². The van der Waals surface area contributed by atoms with Crippen LogP contribution in [0.25, 0.3) is 0 Å². The first-order valence-corrected chi connectivity index (χ1v) is 5.33. The van der Waals surface area contributed by atoms with Gasteiger partial charge in [0.1, 0.15) is 6.04 Å². The van der Waals surface area contributed by atoms with Gasteiger partial charge >= 0.3 is 5.97 Å². The largest absolute Gasteiger partial charge is 0.480 e. The van der Waals surface area contributed by atoms with Gasteiger partial charge in [-0.15, -0.1) is 0 Å². The molecule has 2 atom stereocenters. The van der Waals surface area contributed by atoms with Crippen molar-refractivity contribution in [2.75, 3.05) is 6.54 Å². The predicted molar refractivity (Wildman–Crippen MR) is 55.6 cm³/mol. The van der Waals surface area contributed by atoms with E-state index in [0.717, 1.165) is 0 Å². The molecule has 1 saturated heterocycles. The zero-order valence-corrected chi connectivity index (χ0v) is 9.40. The third-order valence-corrected chi connectivity index (χ3v) is 2.75. The van der Waals surface area contributed by atoms with E-state index in [2.05, 4.69) is 5.32 Å². The van der Waals surface area contributed by atoms with Crippen molar-refractivity contribution in [3.05, 3.63) is 0 Å². The molecule has 1 aliphatic heterocycles. The maximum atomic E-state index is 11.5. The molecule has 0 aromatic carbocycles. The highest BCUT2D eigenvalue weighted by molar-refractivity contribution is 6.01. The number of carbonyl (C=O) groups excluding carboxylic acids is 2. The molecular formula is C10H16N2O4. The van der Waals surface area contributed by atoms with Gasteiger partial charge in [0.05, 0.1) is 12.6 Å². The minimum Gasteiger partial charge on any atom is -0.480 e. The Kier molecular flexibility index (Phi) is 4.00. The summed E-state index contributed by atoms with van der Waals surface area (Å²) < 4.78 is 0. The summed E-state index contributed by atoms with van der Waals surface area (Å²) in [6.07, 6.45) is 0.856. The molecule has 6 heteroatoms. The van der Waals surface area contributed by atoms with Crippen molar-refractivity contribution in [1.82, 2.24) is 10.2 Å². The molecule has 1 heterocycles. The van der Waals surface area contributed by atoms with Crippen LogP contribution in [0.2, 0.25) is 0 Å². The molecule has 0 spiro atoms. The number of carbonyl (C=O) groups is 3. The summed E-state index contributed by atoms with van der Waals surface area (Å²) >= 11 is 0. The van der Waals surface area contributed by atoms with Gasteiger partial charge in [-0.3, -0.25) is 24.6 Å². The quantitative estimate of drug-likeness (QED) is 0.638. The Morgan fingerprint density at radius 3 is 2.62 bits per heavy atom. The molecule has 2 amide bonds.